The smallest absolute Gasteiger partial charge is 0.431 e. The van der Waals surface area contributed by atoms with Crippen LogP contribution in [0.5, 0.6) is 0 Å². The lowest BCUT2D eigenvalue weighted by Gasteiger charge is -2.30. The Morgan fingerprint density at radius 3 is 2.46 bits per heavy atom. The minimum Gasteiger partial charge on any atom is -0.456 e. The average Bonchev–Trinajstić information content (AvgIpc) is 3.33. The number of aryl methyl sites for hydroxylation is 1. The first-order chi connectivity index (χ1) is 17.2. The van der Waals surface area contributed by atoms with Crippen molar-refractivity contribution in [3.8, 4) is 0 Å². The van der Waals surface area contributed by atoms with Crippen LogP contribution in [0.3, 0.4) is 0 Å². The normalized spacial score (nSPS) is 16.4. The van der Waals surface area contributed by atoms with Gasteiger partial charge in [-0.2, -0.15) is 13.2 Å². The summed E-state index contributed by atoms with van der Waals surface area (Å²) in [6.07, 6.45) is -0.611. The number of carbonyl (C=O) groups is 2. The van der Waals surface area contributed by atoms with Crippen molar-refractivity contribution in [2.24, 2.45) is 0 Å². The molecule has 3 N–H and O–H groups in total. The number of fused-ring (bicyclic) bond motifs is 2. The predicted octanol–water partition coefficient (Wildman–Crippen LogP) is 6.02. The van der Waals surface area contributed by atoms with E-state index in [1.165, 1.54) is 11.3 Å². The van der Waals surface area contributed by atoms with E-state index in [9.17, 15) is 22.8 Å². The van der Waals surface area contributed by atoms with Gasteiger partial charge in [0.05, 0.1) is 5.56 Å². The average molecular weight is 541 g/mol. The molecule has 2 amide bonds. The summed E-state index contributed by atoms with van der Waals surface area (Å²) in [6, 6.07) is -0.444. The number of nitrogens with zero attached hydrogens (tertiary/aromatic N) is 1. The van der Waals surface area contributed by atoms with Crippen LogP contribution in [-0.2, 0) is 43.3 Å². The van der Waals surface area contributed by atoms with Crippen LogP contribution >= 0.6 is 11.3 Å². The van der Waals surface area contributed by atoms with Gasteiger partial charge in [-0.15, -0.1) is 11.3 Å². The first kappa shape index (κ1) is 27.5. The summed E-state index contributed by atoms with van der Waals surface area (Å²) in [7, 11) is 0. The number of halogens is 3. The topological polar surface area (TPSA) is 86.5 Å². The van der Waals surface area contributed by atoms with E-state index in [2.05, 4.69) is 20.5 Å². The molecule has 0 saturated carbocycles. The van der Waals surface area contributed by atoms with Crippen molar-refractivity contribution in [1.29, 1.82) is 0 Å². The van der Waals surface area contributed by atoms with Gasteiger partial charge in [0.1, 0.15) is 16.3 Å². The van der Waals surface area contributed by atoms with Crippen LogP contribution in [0.1, 0.15) is 90.8 Å². The van der Waals surface area contributed by atoms with Crippen molar-refractivity contribution in [2.45, 2.75) is 97.6 Å². The molecule has 2 aromatic rings. The SMILES string of the molecule is CC(C)N1CCc2c([nH]c(C(F)(F)F)c2CNC(=O)Nc2sc3c(c2C(=O)OC(C)(C)C)CCCC3)C1. The Bertz CT molecular complexity index is 1180. The molecule has 1 aliphatic carbocycles. The Labute approximate surface area is 219 Å². The third kappa shape index (κ3) is 6.14. The van der Waals surface area contributed by atoms with E-state index in [-0.39, 0.29) is 18.2 Å². The zero-order valence-corrected chi connectivity index (χ0v) is 22.8. The van der Waals surface area contributed by atoms with Crippen LogP contribution < -0.4 is 10.6 Å². The molecule has 0 unspecified atom stereocenters. The number of urea groups is 1. The lowest BCUT2D eigenvalue weighted by molar-refractivity contribution is -0.141. The zero-order chi connectivity index (χ0) is 27.1. The summed E-state index contributed by atoms with van der Waals surface area (Å²) in [5, 5.41) is 5.69. The Morgan fingerprint density at radius 1 is 1.11 bits per heavy atom. The summed E-state index contributed by atoms with van der Waals surface area (Å²) in [6.45, 7) is 10.1. The third-order valence-electron chi connectivity index (χ3n) is 6.76. The van der Waals surface area contributed by atoms with E-state index in [1.807, 2.05) is 13.8 Å². The van der Waals surface area contributed by atoms with Gasteiger partial charge in [0, 0.05) is 41.8 Å². The summed E-state index contributed by atoms with van der Waals surface area (Å²) in [5.74, 6) is -0.504. The van der Waals surface area contributed by atoms with Crippen molar-refractivity contribution < 1.29 is 27.5 Å². The molecule has 0 atom stereocenters. The highest BCUT2D eigenvalue weighted by Crippen LogP contribution is 2.40. The molecular formula is C26H35F3N4O3S. The van der Waals surface area contributed by atoms with E-state index in [4.69, 9.17) is 4.74 Å². The van der Waals surface area contributed by atoms with Crippen molar-refractivity contribution in [3.63, 3.8) is 0 Å². The molecule has 0 spiro atoms. The Hall–Kier alpha value is -2.53. The van der Waals surface area contributed by atoms with Crippen LogP contribution in [0.4, 0.5) is 23.0 Å². The molecule has 2 aliphatic rings. The van der Waals surface area contributed by atoms with E-state index >= 15 is 0 Å². The summed E-state index contributed by atoms with van der Waals surface area (Å²) in [5.41, 5.74) is 0.965. The number of hydrogen-bond acceptors (Lipinski definition) is 5. The van der Waals surface area contributed by atoms with Gasteiger partial charge in [-0.05, 0) is 77.8 Å². The fraction of sp³-hybridized carbons (Fsp3) is 0.615. The number of esters is 1. The molecular weight excluding hydrogens is 505 g/mol. The molecule has 2 aromatic heterocycles. The summed E-state index contributed by atoms with van der Waals surface area (Å²) < 4.78 is 47.1. The van der Waals surface area contributed by atoms with Crippen LogP contribution in [0.25, 0.3) is 0 Å². The maximum absolute atomic E-state index is 13.8. The minimum absolute atomic E-state index is 0.0684. The van der Waals surface area contributed by atoms with Crippen molar-refractivity contribution in [2.75, 3.05) is 11.9 Å². The quantitative estimate of drug-likeness (QED) is 0.405. The predicted molar refractivity (Wildman–Crippen MR) is 137 cm³/mol. The van der Waals surface area contributed by atoms with Gasteiger partial charge in [-0.3, -0.25) is 10.2 Å². The number of H-pyrrole nitrogens is 1. The monoisotopic (exact) mass is 540 g/mol. The van der Waals surface area contributed by atoms with Crippen LogP contribution in [0.15, 0.2) is 0 Å². The van der Waals surface area contributed by atoms with Crippen molar-refractivity contribution in [1.82, 2.24) is 15.2 Å². The fourth-order valence-corrected chi connectivity index (χ4v) is 6.27. The molecule has 0 fully saturated rings. The second-order valence-electron chi connectivity index (χ2n) is 11.0. The largest absolute Gasteiger partial charge is 0.456 e. The van der Waals surface area contributed by atoms with Crippen molar-refractivity contribution in [3.05, 3.63) is 38.5 Å². The second kappa shape index (κ2) is 10.3. The second-order valence-corrected chi connectivity index (χ2v) is 12.1. The van der Waals surface area contributed by atoms with E-state index in [0.29, 0.717) is 41.3 Å². The summed E-state index contributed by atoms with van der Waals surface area (Å²) in [4.78, 5) is 31.6. The van der Waals surface area contributed by atoms with Gasteiger partial charge in [0.2, 0.25) is 0 Å². The van der Waals surface area contributed by atoms with Gasteiger partial charge in [0.25, 0.3) is 0 Å². The van der Waals surface area contributed by atoms with Crippen LogP contribution in [0, 0.1) is 0 Å². The lowest BCUT2D eigenvalue weighted by atomic mass is 9.95. The highest BCUT2D eigenvalue weighted by molar-refractivity contribution is 7.17. The number of thiophene rings is 1. The zero-order valence-electron chi connectivity index (χ0n) is 21.9. The minimum atomic E-state index is -4.57. The number of anilines is 1. The van der Waals surface area contributed by atoms with Gasteiger partial charge >= 0.3 is 18.2 Å². The number of alkyl halides is 3. The number of amides is 2. The summed E-state index contributed by atoms with van der Waals surface area (Å²) >= 11 is 1.34. The Kier molecular flexibility index (Phi) is 7.67. The third-order valence-corrected chi connectivity index (χ3v) is 7.96. The molecule has 0 radical (unpaired) electrons. The molecule has 11 heteroatoms. The van der Waals surface area contributed by atoms with Gasteiger partial charge in [-0.25, -0.2) is 9.59 Å². The number of nitrogens with one attached hydrogen (secondary N) is 3. The number of hydrogen-bond donors (Lipinski definition) is 3. The molecule has 0 aromatic carbocycles. The number of ether oxygens (including phenoxy) is 1. The molecule has 37 heavy (non-hydrogen) atoms. The standard InChI is InChI=1S/C26H35F3N4O3S/c1-14(2)33-11-10-15-17(21(26(27,28)29)31-18(15)13-33)12-30-24(35)32-22-20(23(34)36-25(3,4)5)16-8-6-7-9-19(16)37-22/h14,31H,6-13H2,1-5H3,(H2,30,32,35). The lowest BCUT2D eigenvalue weighted by Crippen LogP contribution is -2.36. The number of rotatable bonds is 5. The Balaban J connectivity index is 1.54. The first-order valence-corrected chi connectivity index (χ1v) is 13.5. The highest BCUT2D eigenvalue weighted by Gasteiger charge is 2.39. The Morgan fingerprint density at radius 2 is 1.81 bits per heavy atom. The molecule has 4 rings (SSSR count). The van der Waals surface area contributed by atoms with E-state index in [1.54, 1.807) is 20.8 Å². The number of aromatic amines is 1. The number of aromatic nitrogens is 1. The van der Waals surface area contributed by atoms with Crippen LogP contribution in [-0.4, -0.2) is 40.1 Å². The first-order valence-electron chi connectivity index (χ1n) is 12.7. The van der Waals surface area contributed by atoms with E-state index in [0.717, 1.165) is 36.1 Å². The van der Waals surface area contributed by atoms with Gasteiger partial charge in [0.15, 0.2) is 0 Å². The molecule has 3 heterocycles. The van der Waals surface area contributed by atoms with Crippen LogP contribution in [0.2, 0.25) is 0 Å². The highest BCUT2D eigenvalue weighted by atomic mass is 32.1. The molecule has 204 valence electrons. The molecule has 0 saturated heterocycles. The van der Waals surface area contributed by atoms with Crippen molar-refractivity contribution >= 4 is 28.3 Å². The molecule has 1 aliphatic heterocycles. The van der Waals surface area contributed by atoms with Gasteiger partial charge in [-0.1, -0.05) is 0 Å². The maximum Gasteiger partial charge on any atom is 0.431 e. The van der Waals surface area contributed by atoms with Gasteiger partial charge < -0.3 is 15.0 Å². The number of carbonyl (C=O) groups excluding carboxylic acids is 2. The molecule has 7 nitrogen and oxygen atoms in total. The molecule has 0 bridgehead atoms. The van der Waals surface area contributed by atoms with E-state index < -0.39 is 29.5 Å². The maximum atomic E-state index is 13.8. The fourth-order valence-electron chi connectivity index (χ4n) is 5.00.